The van der Waals surface area contributed by atoms with E-state index >= 15 is 0 Å². The molecule has 4 heteroatoms. The van der Waals surface area contributed by atoms with Gasteiger partial charge in [-0.1, -0.05) is 54.6 Å². The highest BCUT2D eigenvalue weighted by atomic mass is 16.2. The summed E-state index contributed by atoms with van der Waals surface area (Å²) in [6.07, 6.45) is 2.77. The molecule has 0 fully saturated rings. The predicted molar refractivity (Wildman–Crippen MR) is 99.8 cm³/mol. The van der Waals surface area contributed by atoms with E-state index in [0.717, 1.165) is 16.9 Å². The van der Waals surface area contributed by atoms with Crippen molar-refractivity contribution in [3.8, 4) is 0 Å². The first-order valence-electron chi connectivity index (χ1n) is 8.37. The first-order valence-corrected chi connectivity index (χ1v) is 8.37. The number of nitrogens with one attached hydrogen (secondary N) is 1. The number of rotatable bonds is 7. The highest BCUT2D eigenvalue weighted by Gasteiger charge is 2.11. The quantitative estimate of drug-likeness (QED) is 0.671. The highest BCUT2D eigenvalue weighted by Crippen LogP contribution is 2.15. The van der Waals surface area contributed by atoms with Crippen molar-refractivity contribution in [1.82, 2.24) is 10.4 Å². The molecule has 0 aliphatic heterocycles. The van der Waals surface area contributed by atoms with Crippen molar-refractivity contribution < 1.29 is 4.79 Å². The molecule has 2 aromatic carbocycles. The van der Waals surface area contributed by atoms with Crippen LogP contribution in [0.3, 0.4) is 0 Å². The number of hydrogen-bond acceptors (Lipinski definition) is 3. The zero-order valence-electron chi connectivity index (χ0n) is 14.0. The molecule has 0 bridgehead atoms. The van der Waals surface area contributed by atoms with Crippen molar-refractivity contribution in [3.63, 3.8) is 0 Å². The molecule has 0 aliphatic rings. The highest BCUT2D eigenvalue weighted by molar-refractivity contribution is 5.78. The van der Waals surface area contributed by atoms with E-state index in [2.05, 4.69) is 22.5 Å². The van der Waals surface area contributed by atoms with Gasteiger partial charge in [0.2, 0.25) is 5.91 Å². The van der Waals surface area contributed by atoms with Crippen LogP contribution in [-0.2, 0) is 17.8 Å². The fourth-order valence-corrected chi connectivity index (χ4v) is 2.56. The molecule has 4 nitrogen and oxygen atoms in total. The number of carbonyl (C=O) groups is 1. The molecule has 1 N–H and O–H groups in total. The van der Waals surface area contributed by atoms with Crippen LogP contribution in [0.4, 0.5) is 5.69 Å². The summed E-state index contributed by atoms with van der Waals surface area (Å²) in [5.41, 5.74) is 6.03. The lowest BCUT2D eigenvalue weighted by atomic mass is 10.2. The zero-order valence-corrected chi connectivity index (χ0v) is 14.0. The normalized spacial score (nSPS) is 10.2. The third-order valence-corrected chi connectivity index (χ3v) is 3.85. The van der Waals surface area contributed by atoms with E-state index in [-0.39, 0.29) is 5.91 Å². The number of carbonyl (C=O) groups excluding carboxylic acids is 1. The lowest BCUT2D eigenvalue weighted by Crippen LogP contribution is -2.42. The molecule has 0 saturated heterocycles. The lowest BCUT2D eigenvalue weighted by Gasteiger charge is -2.25. The number of nitrogens with zero attached hydrogens (tertiary/aromatic N) is 2. The van der Waals surface area contributed by atoms with Crippen LogP contribution in [0, 0.1) is 0 Å². The molecule has 1 amide bonds. The Morgan fingerprint density at radius 3 is 2.24 bits per heavy atom. The maximum atomic E-state index is 12.4. The zero-order chi connectivity index (χ0) is 17.3. The second kappa shape index (κ2) is 8.64. The minimum absolute atomic E-state index is 0.0227. The fourth-order valence-electron chi connectivity index (χ4n) is 2.56. The Bertz CT molecular complexity index is 776. The van der Waals surface area contributed by atoms with Crippen LogP contribution in [-0.4, -0.2) is 10.9 Å². The topological polar surface area (TPSA) is 45.2 Å². The molecule has 25 heavy (non-hydrogen) atoms. The summed E-state index contributed by atoms with van der Waals surface area (Å²) >= 11 is 0. The van der Waals surface area contributed by atoms with Crippen molar-refractivity contribution in [3.05, 3.63) is 96.3 Å². The van der Waals surface area contributed by atoms with Crippen LogP contribution in [0.2, 0.25) is 0 Å². The second-order valence-corrected chi connectivity index (χ2v) is 5.76. The first kappa shape index (κ1) is 16.7. The molecular weight excluding hydrogens is 310 g/mol. The van der Waals surface area contributed by atoms with Gasteiger partial charge in [-0.05, 0) is 36.2 Å². The van der Waals surface area contributed by atoms with Gasteiger partial charge in [-0.2, -0.15) is 0 Å². The summed E-state index contributed by atoms with van der Waals surface area (Å²) in [6, 6.07) is 25.7. The lowest BCUT2D eigenvalue weighted by molar-refractivity contribution is -0.121. The predicted octanol–water partition coefficient (Wildman–Crippen LogP) is 3.75. The van der Waals surface area contributed by atoms with Crippen molar-refractivity contribution in [1.29, 1.82) is 0 Å². The Morgan fingerprint density at radius 2 is 1.56 bits per heavy atom. The largest absolute Gasteiger partial charge is 0.281 e. The molecule has 126 valence electrons. The van der Waals surface area contributed by atoms with Gasteiger partial charge in [-0.3, -0.25) is 20.2 Å². The number of hydrogen-bond donors (Lipinski definition) is 1. The molecule has 1 heterocycles. The SMILES string of the molecule is O=C(CCc1ccccn1)NN(Cc1ccccc1)c1ccccc1. The number of amides is 1. The smallest absolute Gasteiger partial charge is 0.238 e. The molecule has 0 unspecified atom stereocenters. The molecule has 1 aromatic heterocycles. The van der Waals surface area contributed by atoms with E-state index in [1.165, 1.54) is 0 Å². The number of anilines is 1. The number of aromatic nitrogens is 1. The van der Waals surface area contributed by atoms with Crippen molar-refractivity contribution in [2.75, 3.05) is 5.01 Å². The van der Waals surface area contributed by atoms with Crippen molar-refractivity contribution in [2.24, 2.45) is 0 Å². The van der Waals surface area contributed by atoms with Gasteiger partial charge in [-0.15, -0.1) is 0 Å². The number of para-hydroxylation sites is 1. The number of benzene rings is 2. The van der Waals surface area contributed by atoms with Crippen LogP contribution in [0.5, 0.6) is 0 Å². The Hall–Kier alpha value is -3.14. The van der Waals surface area contributed by atoms with Crippen LogP contribution < -0.4 is 10.4 Å². The summed E-state index contributed by atoms with van der Waals surface area (Å²) in [6.45, 7) is 0.611. The third kappa shape index (κ3) is 5.18. The van der Waals surface area contributed by atoms with E-state index in [9.17, 15) is 4.79 Å². The molecule has 0 radical (unpaired) electrons. The van der Waals surface area contributed by atoms with Crippen LogP contribution in [0.25, 0.3) is 0 Å². The monoisotopic (exact) mass is 331 g/mol. The Labute approximate surface area is 148 Å². The summed E-state index contributed by atoms with van der Waals surface area (Å²) in [7, 11) is 0. The second-order valence-electron chi connectivity index (χ2n) is 5.76. The molecule has 0 saturated carbocycles. The van der Waals surface area contributed by atoms with Gasteiger partial charge < -0.3 is 0 Å². The number of aryl methyl sites for hydroxylation is 1. The summed E-state index contributed by atoms with van der Waals surface area (Å²) in [5, 5.41) is 1.89. The average Bonchev–Trinajstić information content (AvgIpc) is 2.68. The first-order chi connectivity index (χ1) is 12.3. The van der Waals surface area contributed by atoms with Crippen molar-refractivity contribution in [2.45, 2.75) is 19.4 Å². The summed E-state index contributed by atoms with van der Waals surface area (Å²) in [5.74, 6) is -0.0227. The van der Waals surface area contributed by atoms with Gasteiger partial charge in [0.25, 0.3) is 0 Å². The van der Waals surface area contributed by atoms with Crippen molar-refractivity contribution >= 4 is 11.6 Å². The number of hydrazine groups is 1. The minimum atomic E-state index is -0.0227. The van der Waals surface area contributed by atoms with E-state index in [1.54, 1.807) is 6.20 Å². The van der Waals surface area contributed by atoms with Crippen LogP contribution in [0.1, 0.15) is 17.7 Å². The average molecular weight is 331 g/mol. The molecule has 0 aliphatic carbocycles. The molecule has 0 spiro atoms. The van der Waals surface area contributed by atoms with Crippen LogP contribution in [0.15, 0.2) is 85.1 Å². The Morgan fingerprint density at radius 1 is 0.880 bits per heavy atom. The molecule has 3 rings (SSSR count). The van der Waals surface area contributed by atoms with Gasteiger partial charge in [0, 0.05) is 18.3 Å². The van der Waals surface area contributed by atoms with Gasteiger partial charge in [0.1, 0.15) is 0 Å². The van der Waals surface area contributed by atoms with Gasteiger partial charge in [-0.25, -0.2) is 0 Å². The van der Waals surface area contributed by atoms with Crippen LogP contribution >= 0.6 is 0 Å². The summed E-state index contributed by atoms with van der Waals surface area (Å²) < 4.78 is 0. The molecule has 0 atom stereocenters. The fraction of sp³-hybridized carbons (Fsp3) is 0.143. The maximum absolute atomic E-state index is 12.4. The number of pyridine rings is 1. The maximum Gasteiger partial charge on any atom is 0.238 e. The standard InChI is InChI=1S/C21H21N3O/c25-21(15-14-19-11-7-8-16-22-19)23-24(20-12-5-2-6-13-20)17-18-9-3-1-4-10-18/h1-13,16H,14-15,17H2,(H,23,25). The Balaban J connectivity index is 1.66. The van der Waals surface area contributed by atoms with E-state index < -0.39 is 0 Å². The molecular formula is C21H21N3O. The van der Waals surface area contributed by atoms with Gasteiger partial charge in [0.05, 0.1) is 12.2 Å². The van der Waals surface area contributed by atoms with Gasteiger partial charge >= 0.3 is 0 Å². The van der Waals surface area contributed by atoms with E-state index in [4.69, 9.17) is 0 Å². The summed E-state index contributed by atoms with van der Waals surface area (Å²) in [4.78, 5) is 16.7. The van der Waals surface area contributed by atoms with E-state index in [0.29, 0.717) is 19.4 Å². The molecule has 3 aromatic rings. The Kier molecular flexibility index (Phi) is 5.77. The van der Waals surface area contributed by atoms with Gasteiger partial charge in [0.15, 0.2) is 0 Å². The minimum Gasteiger partial charge on any atom is -0.281 e. The third-order valence-electron chi connectivity index (χ3n) is 3.85. The van der Waals surface area contributed by atoms with E-state index in [1.807, 2.05) is 71.7 Å².